The van der Waals surface area contributed by atoms with Crippen LogP contribution in [-0.2, 0) is 12.8 Å². The largest absolute Gasteiger partial charge is 0.493 e. The highest BCUT2D eigenvalue weighted by Gasteiger charge is 2.18. The highest BCUT2D eigenvalue weighted by molar-refractivity contribution is 6.09. The molecule has 0 saturated heterocycles. The van der Waals surface area contributed by atoms with Crippen molar-refractivity contribution in [2.24, 2.45) is 0 Å². The SMILES string of the molecule is COc1ccccc1OCCNC(=O)c1ccc2c3c(cccc13)CC2. The van der Waals surface area contributed by atoms with E-state index < -0.39 is 0 Å². The van der Waals surface area contributed by atoms with Gasteiger partial charge in [-0.3, -0.25) is 4.79 Å². The van der Waals surface area contributed by atoms with Gasteiger partial charge in [-0.05, 0) is 52.9 Å². The Morgan fingerprint density at radius 3 is 2.54 bits per heavy atom. The van der Waals surface area contributed by atoms with Crippen molar-refractivity contribution in [2.75, 3.05) is 20.3 Å². The van der Waals surface area contributed by atoms with Crippen molar-refractivity contribution in [2.45, 2.75) is 12.8 Å². The molecule has 4 nitrogen and oxygen atoms in total. The van der Waals surface area contributed by atoms with E-state index in [0.29, 0.717) is 24.7 Å². The van der Waals surface area contributed by atoms with Crippen LogP contribution in [0.2, 0.25) is 0 Å². The van der Waals surface area contributed by atoms with E-state index >= 15 is 0 Å². The molecular formula is C22H21NO3. The quantitative estimate of drug-likeness (QED) is 0.691. The van der Waals surface area contributed by atoms with E-state index in [-0.39, 0.29) is 5.91 Å². The molecule has 1 aliphatic rings. The van der Waals surface area contributed by atoms with Gasteiger partial charge < -0.3 is 14.8 Å². The number of nitrogens with one attached hydrogen (secondary N) is 1. The molecule has 0 saturated carbocycles. The van der Waals surface area contributed by atoms with Crippen molar-refractivity contribution in [3.05, 3.63) is 71.3 Å². The fraction of sp³-hybridized carbons (Fsp3) is 0.227. The predicted molar refractivity (Wildman–Crippen MR) is 102 cm³/mol. The average molecular weight is 347 g/mol. The number of benzene rings is 3. The van der Waals surface area contributed by atoms with Crippen molar-refractivity contribution in [3.8, 4) is 11.5 Å². The number of rotatable bonds is 6. The summed E-state index contributed by atoms with van der Waals surface area (Å²) in [5.41, 5.74) is 3.41. The fourth-order valence-corrected chi connectivity index (χ4v) is 3.60. The van der Waals surface area contributed by atoms with Crippen LogP contribution in [0.1, 0.15) is 21.5 Å². The van der Waals surface area contributed by atoms with Crippen LogP contribution in [0.25, 0.3) is 10.8 Å². The third-order valence-electron chi connectivity index (χ3n) is 4.84. The van der Waals surface area contributed by atoms with Crippen molar-refractivity contribution in [3.63, 3.8) is 0 Å². The third kappa shape index (κ3) is 2.99. The molecule has 0 spiro atoms. The Labute approximate surface area is 152 Å². The minimum atomic E-state index is -0.0655. The lowest BCUT2D eigenvalue weighted by Crippen LogP contribution is -2.28. The Balaban J connectivity index is 1.43. The maximum atomic E-state index is 12.6. The molecule has 3 aromatic rings. The lowest BCUT2D eigenvalue weighted by Gasteiger charge is -2.12. The normalized spacial score (nSPS) is 12.2. The first-order chi connectivity index (χ1) is 12.8. The molecule has 1 amide bonds. The van der Waals surface area contributed by atoms with Crippen LogP contribution < -0.4 is 14.8 Å². The standard InChI is InChI=1S/C22H21NO3/c1-25-19-7-2-3-8-20(19)26-14-13-23-22(24)18-12-11-16-10-9-15-5-4-6-17(18)21(15)16/h2-8,11-12H,9-10,13-14H2,1H3,(H,23,24). The molecule has 4 rings (SSSR count). The van der Waals surface area contributed by atoms with Crippen molar-refractivity contribution in [1.82, 2.24) is 5.32 Å². The Hall–Kier alpha value is -3.01. The molecule has 0 atom stereocenters. The van der Waals surface area contributed by atoms with Gasteiger partial charge in [0.2, 0.25) is 0 Å². The number of hydrogen-bond donors (Lipinski definition) is 1. The van der Waals surface area contributed by atoms with Crippen LogP contribution in [0, 0.1) is 0 Å². The fourth-order valence-electron chi connectivity index (χ4n) is 3.60. The summed E-state index contributed by atoms with van der Waals surface area (Å²) in [6, 6.07) is 17.7. The van der Waals surface area contributed by atoms with E-state index in [4.69, 9.17) is 9.47 Å². The van der Waals surface area contributed by atoms with Gasteiger partial charge in [0.05, 0.1) is 13.7 Å². The molecule has 26 heavy (non-hydrogen) atoms. The first kappa shape index (κ1) is 16.5. The van der Waals surface area contributed by atoms with Crippen LogP contribution in [0.5, 0.6) is 11.5 Å². The van der Waals surface area contributed by atoms with E-state index in [1.165, 1.54) is 16.5 Å². The van der Waals surface area contributed by atoms with E-state index in [1.807, 2.05) is 42.5 Å². The first-order valence-electron chi connectivity index (χ1n) is 8.85. The van der Waals surface area contributed by atoms with Gasteiger partial charge in [-0.1, -0.05) is 36.4 Å². The van der Waals surface area contributed by atoms with Crippen LogP contribution >= 0.6 is 0 Å². The number of carbonyl (C=O) groups excluding carboxylic acids is 1. The Morgan fingerprint density at radius 1 is 0.962 bits per heavy atom. The van der Waals surface area contributed by atoms with Crippen molar-refractivity contribution >= 4 is 16.7 Å². The molecule has 1 aliphatic carbocycles. The minimum absolute atomic E-state index is 0.0655. The van der Waals surface area contributed by atoms with Gasteiger partial charge in [0.25, 0.3) is 5.91 Å². The summed E-state index contributed by atoms with van der Waals surface area (Å²) >= 11 is 0. The molecular weight excluding hydrogens is 326 g/mol. The number of ether oxygens (including phenoxy) is 2. The molecule has 0 bridgehead atoms. The molecule has 132 valence electrons. The highest BCUT2D eigenvalue weighted by atomic mass is 16.5. The number of carbonyl (C=O) groups is 1. The number of para-hydroxylation sites is 2. The number of aryl methyl sites for hydroxylation is 2. The molecule has 3 aromatic carbocycles. The lowest BCUT2D eigenvalue weighted by molar-refractivity contribution is 0.0948. The lowest BCUT2D eigenvalue weighted by atomic mass is 9.99. The first-order valence-corrected chi connectivity index (χ1v) is 8.85. The number of hydrogen-bond acceptors (Lipinski definition) is 3. The second-order valence-electron chi connectivity index (χ2n) is 6.37. The predicted octanol–water partition coefficient (Wildman–Crippen LogP) is 3.76. The minimum Gasteiger partial charge on any atom is -0.493 e. The molecule has 4 heteroatoms. The van der Waals surface area contributed by atoms with Gasteiger partial charge >= 0.3 is 0 Å². The molecule has 0 unspecified atom stereocenters. The van der Waals surface area contributed by atoms with E-state index in [0.717, 1.165) is 23.8 Å². The summed E-state index contributed by atoms with van der Waals surface area (Å²) in [5.74, 6) is 1.30. The van der Waals surface area contributed by atoms with E-state index in [1.54, 1.807) is 7.11 Å². The van der Waals surface area contributed by atoms with Gasteiger partial charge in [0, 0.05) is 5.56 Å². The summed E-state index contributed by atoms with van der Waals surface area (Å²) in [6.45, 7) is 0.813. The second-order valence-corrected chi connectivity index (χ2v) is 6.37. The molecule has 0 heterocycles. The van der Waals surface area contributed by atoms with Gasteiger partial charge in [0.15, 0.2) is 11.5 Å². The Bertz CT molecular complexity index is 955. The summed E-state index contributed by atoms with van der Waals surface area (Å²) in [5, 5.41) is 5.25. The van der Waals surface area contributed by atoms with E-state index in [9.17, 15) is 4.79 Å². The third-order valence-corrected chi connectivity index (χ3v) is 4.84. The Morgan fingerprint density at radius 2 is 1.73 bits per heavy atom. The second kappa shape index (κ2) is 7.08. The maximum Gasteiger partial charge on any atom is 0.252 e. The summed E-state index contributed by atoms with van der Waals surface area (Å²) in [6.07, 6.45) is 2.12. The summed E-state index contributed by atoms with van der Waals surface area (Å²) in [7, 11) is 1.61. The van der Waals surface area contributed by atoms with Gasteiger partial charge in [-0.25, -0.2) is 0 Å². The zero-order chi connectivity index (χ0) is 17.9. The van der Waals surface area contributed by atoms with E-state index in [2.05, 4.69) is 17.4 Å². The summed E-state index contributed by atoms with van der Waals surface area (Å²) < 4.78 is 11.0. The molecule has 1 N–H and O–H groups in total. The van der Waals surface area contributed by atoms with Gasteiger partial charge in [-0.15, -0.1) is 0 Å². The van der Waals surface area contributed by atoms with Crippen LogP contribution in [-0.4, -0.2) is 26.2 Å². The molecule has 0 aromatic heterocycles. The average Bonchev–Trinajstić information content (AvgIpc) is 3.11. The van der Waals surface area contributed by atoms with Crippen molar-refractivity contribution < 1.29 is 14.3 Å². The zero-order valence-corrected chi connectivity index (χ0v) is 14.7. The van der Waals surface area contributed by atoms with Crippen LogP contribution in [0.15, 0.2) is 54.6 Å². The molecule has 0 fully saturated rings. The monoisotopic (exact) mass is 347 g/mol. The van der Waals surface area contributed by atoms with Gasteiger partial charge in [0.1, 0.15) is 6.61 Å². The number of amides is 1. The topological polar surface area (TPSA) is 47.6 Å². The maximum absolute atomic E-state index is 12.6. The smallest absolute Gasteiger partial charge is 0.252 e. The number of methoxy groups -OCH3 is 1. The van der Waals surface area contributed by atoms with Gasteiger partial charge in [-0.2, -0.15) is 0 Å². The molecule has 0 radical (unpaired) electrons. The Kier molecular flexibility index (Phi) is 4.48. The zero-order valence-electron chi connectivity index (χ0n) is 14.7. The molecule has 0 aliphatic heterocycles. The van der Waals surface area contributed by atoms with Crippen LogP contribution in [0.4, 0.5) is 0 Å². The van der Waals surface area contributed by atoms with Crippen LogP contribution in [0.3, 0.4) is 0 Å². The van der Waals surface area contributed by atoms with Crippen molar-refractivity contribution in [1.29, 1.82) is 0 Å². The summed E-state index contributed by atoms with van der Waals surface area (Å²) in [4.78, 5) is 12.6. The highest BCUT2D eigenvalue weighted by Crippen LogP contribution is 2.32.